The maximum absolute atomic E-state index is 13.5. The Kier molecular flexibility index (Phi) is 6.14. The predicted octanol–water partition coefficient (Wildman–Crippen LogP) is 4.77. The quantitative estimate of drug-likeness (QED) is 0.619. The molecule has 0 bridgehead atoms. The lowest BCUT2D eigenvalue weighted by Gasteiger charge is -2.31. The van der Waals surface area contributed by atoms with Crippen molar-refractivity contribution >= 4 is 29.1 Å². The first-order valence-electron chi connectivity index (χ1n) is 9.96. The Hall–Kier alpha value is -3.12. The number of benzene rings is 1. The van der Waals surface area contributed by atoms with Crippen LogP contribution in [-0.4, -0.2) is 22.8 Å². The molecule has 2 aromatic heterocycles. The van der Waals surface area contributed by atoms with Gasteiger partial charge in [-0.15, -0.1) is 0 Å². The summed E-state index contributed by atoms with van der Waals surface area (Å²) in [5, 5.41) is 3.59. The molecule has 1 fully saturated rings. The maximum Gasteiger partial charge on any atom is 0.294 e. The molecule has 6 nitrogen and oxygen atoms in total. The monoisotopic (exact) mass is 423 g/mol. The standard InChI is InChI=1S/C23H22ClN3O3/c24-17-5-3-8-19(15-17)27(23(29)20-9-4-14-30-20)21(16-10-12-25-13-11-16)22(28)26-18-6-1-2-7-18/h3-5,8-15,18,21H,1-2,6-7H2,(H,26,28)/t21-/m1/s1. The second-order valence-electron chi connectivity index (χ2n) is 7.31. The summed E-state index contributed by atoms with van der Waals surface area (Å²) in [5.41, 5.74) is 1.16. The highest BCUT2D eigenvalue weighted by Crippen LogP contribution is 2.32. The Labute approximate surface area is 179 Å². The number of aromatic nitrogens is 1. The molecule has 0 radical (unpaired) electrons. The van der Waals surface area contributed by atoms with Crippen molar-refractivity contribution < 1.29 is 14.0 Å². The van der Waals surface area contributed by atoms with Crippen LogP contribution in [0.3, 0.4) is 0 Å². The van der Waals surface area contributed by atoms with Crippen molar-refractivity contribution in [2.75, 3.05) is 4.90 Å². The number of carbonyl (C=O) groups is 2. The third-order valence-corrected chi connectivity index (χ3v) is 5.50. The highest BCUT2D eigenvalue weighted by Gasteiger charge is 2.35. The molecule has 3 aromatic rings. The summed E-state index contributed by atoms with van der Waals surface area (Å²) in [6, 6.07) is 12.8. The summed E-state index contributed by atoms with van der Waals surface area (Å²) in [4.78, 5) is 32.4. The Balaban J connectivity index is 1.79. The number of halogens is 1. The third-order valence-electron chi connectivity index (χ3n) is 5.27. The summed E-state index contributed by atoms with van der Waals surface area (Å²) >= 11 is 6.21. The molecule has 1 aromatic carbocycles. The molecule has 30 heavy (non-hydrogen) atoms. The third kappa shape index (κ3) is 4.39. The van der Waals surface area contributed by atoms with Crippen LogP contribution in [0.2, 0.25) is 5.02 Å². The molecule has 0 unspecified atom stereocenters. The Morgan fingerprint density at radius 1 is 1.10 bits per heavy atom. The van der Waals surface area contributed by atoms with Crippen LogP contribution < -0.4 is 10.2 Å². The Morgan fingerprint density at radius 3 is 2.53 bits per heavy atom. The van der Waals surface area contributed by atoms with Crippen LogP contribution >= 0.6 is 11.6 Å². The molecule has 1 atom stereocenters. The molecule has 154 valence electrons. The molecule has 4 rings (SSSR count). The summed E-state index contributed by atoms with van der Waals surface area (Å²) < 4.78 is 5.36. The van der Waals surface area contributed by atoms with Gasteiger partial charge >= 0.3 is 0 Å². The fourth-order valence-electron chi connectivity index (χ4n) is 3.84. The van der Waals surface area contributed by atoms with Crippen molar-refractivity contribution in [3.63, 3.8) is 0 Å². The van der Waals surface area contributed by atoms with Gasteiger partial charge in [0.25, 0.3) is 5.91 Å². The molecule has 2 heterocycles. The van der Waals surface area contributed by atoms with E-state index in [9.17, 15) is 9.59 Å². The molecule has 1 aliphatic rings. The predicted molar refractivity (Wildman–Crippen MR) is 114 cm³/mol. The Morgan fingerprint density at radius 2 is 1.87 bits per heavy atom. The molecule has 2 amide bonds. The number of nitrogens with zero attached hydrogens (tertiary/aromatic N) is 2. The number of rotatable bonds is 6. The van der Waals surface area contributed by atoms with Crippen molar-refractivity contribution in [2.45, 2.75) is 37.8 Å². The highest BCUT2D eigenvalue weighted by atomic mass is 35.5. The van der Waals surface area contributed by atoms with E-state index in [1.165, 1.54) is 11.2 Å². The van der Waals surface area contributed by atoms with Gasteiger partial charge in [-0.3, -0.25) is 19.5 Å². The van der Waals surface area contributed by atoms with Crippen molar-refractivity contribution in [1.82, 2.24) is 10.3 Å². The van der Waals surface area contributed by atoms with Crippen LogP contribution in [-0.2, 0) is 4.79 Å². The zero-order valence-electron chi connectivity index (χ0n) is 16.3. The van der Waals surface area contributed by atoms with Crippen molar-refractivity contribution in [2.24, 2.45) is 0 Å². The molecule has 0 spiro atoms. The maximum atomic E-state index is 13.5. The minimum absolute atomic E-state index is 0.113. The van der Waals surface area contributed by atoms with Crippen LogP contribution in [0.25, 0.3) is 0 Å². The fourth-order valence-corrected chi connectivity index (χ4v) is 4.03. The van der Waals surface area contributed by atoms with Crippen molar-refractivity contribution in [3.05, 3.63) is 83.5 Å². The summed E-state index contributed by atoms with van der Waals surface area (Å²) in [6.07, 6.45) is 8.72. The molecule has 0 aliphatic heterocycles. The zero-order valence-corrected chi connectivity index (χ0v) is 17.1. The van der Waals surface area contributed by atoms with Gasteiger partial charge in [0, 0.05) is 29.1 Å². The Bertz CT molecular complexity index is 1000. The van der Waals surface area contributed by atoms with Gasteiger partial charge in [-0.2, -0.15) is 0 Å². The minimum Gasteiger partial charge on any atom is -0.459 e. The normalized spacial score (nSPS) is 15.0. The van der Waals surface area contributed by atoms with E-state index in [0.29, 0.717) is 16.3 Å². The van der Waals surface area contributed by atoms with Gasteiger partial charge in [0.2, 0.25) is 5.91 Å². The lowest BCUT2D eigenvalue weighted by atomic mass is 10.0. The molecule has 0 saturated heterocycles. The molecular formula is C23H22ClN3O3. The smallest absolute Gasteiger partial charge is 0.294 e. The van der Waals surface area contributed by atoms with Crippen molar-refractivity contribution in [1.29, 1.82) is 0 Å². The number of pyridine rings is 1. The largest absolute Gasteiger partial charge is 0.459 e. The van der Waals surface area contributed by atoms with E-state index >= 15 is 0 Å². The topological polar surface area (TPSA) is 75.4 Å². The van der Waals surface area contributed by atoms with Crippen LogP contribution in [0.15, 0.2) is 71.6 Å². The lowest BCUT2D eigenvalue weighted by molar-refractivity contribution is -0.123. The number of nitrogens with one attached hydrogen (secondary N) is 1. The molecule has 1 saturated carbocycles. The van der Waals surface area contributed by atoms with Gasteiger partial charge in [-0.1, -0.05) is 30.5 Å². The number of anilines is 1. The number of amides is 2. The molecule has 1 N–H and O–H groups in total. The SMILES string of the molecule is O=C(NC1CCCC1)[C@@H](c1ccncc1)N(C(=O)c1ccco1)c1cccc(Cl)c1. The average molecular weight is 424 g/mol. The number of carbonyl (C=O) groups excluding carboxylic acids is 2. The van der Waals surface area contributed by atoms with Gasteiger partial charge in [0.15, 0.2) is 5.76 Å². The van der Waals surface area contributed by atoms with Gasteiger partial charge in [0.1, 0.15) is 6.04 Å². The van der Waals surface area contributed by atoms with E-state index in [-0.39, 0.29) is 17.7 Å². The van der Waals surface area contributed by atoms with E-state index < -0.39 is 11.9 Å². The number of hydrogen-bond acceptors (Lipinski definition) is 4. The van der Waals surface area contributed by atoms with E-state index in [2.05, 4.69) is 10.3 Å². The van der Waals surface area contributed by atoms with Gasteiger partial charge in [-0.25, -0.2) is 0 Å². The molecule has 7 heteroatoms. The van der Waals surface area contributed by atoms with Crippen LogP contribution in [0.5, 0.6) is 0 Å². The minimum atomic E-state index is -0.898. The summed E-state index contributed by atoms with van der Waals surface area (Å²) in [5.74, 6) is -0.527. The zero-order chi connectivity index (χ0) is 20.9. The second kappa shape index (κ2) is 9.13. The number of hydrogen-bond donors (Lipinski definition) is 1. The fraction of sp³-hybridized carbons (Fsp3) is 0.261. The van der Waals surface area contributed by atoms with E-state index in [0.717, 1.165) is 25.7 Å². The first kappa shape index (κ1) is 20.2. The second-order valence-corrected chi connectivity index (χ2v) is 7.74. The summed E-state index contributed by atoms with van der Waals surface area (Å²) in [6.45, 7) is 0. The van der Waals surface area contributed by atoms with Crippen LogP contribution in [0.4, 0.5) is 5.69 Å². The van der Waals surface area contributed by atoms with Gasteiger partial charge < -0.3 is 9.73 Å². The van der Waals surface area contributed by atoms with E-state index in [1.807, 2.05) is 0 Å². The first-order chi connectivity index (χ1) is 14.6. The van der Waals surface area contributed by atoms with Gasteiger partial charge in [0.05, 0.1) is 6.26 Å². The average Bonchev–Trinajstić information content (AvgIpc) is 3.46. The van der Waals surface area contributed by atoms with Crippen LogP contribution in [0.1, 0.15) is 47.8 Å². The molecule has 1 aliphatic carbocycles. The first-order valence-corrected chi connectivity index (χ1v) is 10.3. The highest BCUT2D eigenvalue weighted by molar-refractivity contribution is 6.31. The lowest BCUT2D eigenvalue weighted by Crippen LogP contribution is -2.46. The van der Waals surface area contributed by atoms with Crippen LogP contribution in [0, 0.1) is 0 Å². The summed E-state index contributed by atoms with van der Waals surface area (Å²) in [7, 11) is 0. The van der Waals surface area contributed by atoms with E-state index in [1.54, 1.807) is 60.9 Å². The number of furan rings is 1. The van der Waals surface area contributed by atoms with Crippen molar-refractivity contribution in [3.8, 4) is 0 Å². The van der Waals surface area contributed by atoms with E-state index in [4.69, 9.17) is 16.0 Å². The molecular weight excluding hydrogens is 402 g/mol. The van der Waals surface area contributed by atoms with Gasteiger partial charge in [-0.05, 0) is 60.9 Å².